The average molecular weight is 204 g/mol. The molecular weight excluding hydrogens is 188 g/mol. The molecule has 0 fully saturated rings. The van der Waals surface area contributed by atoms with Gasteiger partial charge in [0, 0.05) is 23.8 Å². The summed E-state index contributed by atoms with van der Waals surface area (Å²) in [4.78, 5) is 11.9. The van der Waals surface area contributed by atoms with Crippen LogP contribution in [0.2, 0.25) is 0 Å². The lowest BCUT2D eigenvalue weighted by atomic mass is 10.0. The Kier molecular flexibility index (Phi) is 2.62. The van der Waals surface area contributed by atoms with E-state index in [1.165, 1.54) is 0 Å². The summed E-state index contributed by atoms with van der Waals surface area (Å²) < 4.78 is 0. The lowest BCUT2D eigenvalue weighted by Gasteiger charge is -2.11. The topological polar surface area (TPSA) is 41.1 Å². The highest BCUT2D eigenvalue weighted by Crippen LogP contribution is 2.25. The van der Waals surface area contributed by atoms with E-state index in [9.17, 15) is 4.79 Å². The Morgan fingerprint density at radius 1 is 1.47 bits per heavy atom. The lowest BCUT2D eigenvalue weighted by Crippen LogP contribution is -2.30. The van der Waals surface area contributed by atoms with E-state index in [0.29, 0.717) is 0 Å². The van der Waals surface area contributed by atoms with Crippen molar-refractivity contribution in [2.24, 2.45) is 0 Å². The van der Waals surface area contributed by atoms with Gasteiger partial charge in [-0.1, -0.05) is 6.07 Å². The fraction of sp³-hybridized carbons (Fsp3) is 0.417. The van der Waals surface area contributed by atoms with Crippen molar-refractivity contribution in [3.63, 3.8) is 0 Å². The third-order valence-corrected chi connectivity index (χ3v) is 2.53. The molecule has 0 saturated carbocycles. The maximum absolute atomic E-state index is 11.9. The first-order chi connectivity index (χ1) is 7.18. The Morgan fingerprint density at radius 2 is 2.27 bits per heavy atom. The van der Waals surface area contributed by atoms with Gasteiger partial charge in [0.25, 0.3) is 5.91 Å². The molecule has 0 aromatic heterocycles. The quantitative estimate of drug-likeness (QED) is 0.771. The Morgan fingerprint density at radius 3 is 3.00 bits per heavy atom. The molecule has 0 atom stereocenters. The number of hydrogen-bond acceptors (Lipinski definition) is 2. The molecule has 0 bridgehead atoms. The van der Waals surface area contributed by atoms with Crippen LogP contribution in [0.25, 0.3) is 0 Å². The molecule has 2 rings (SSSR count). The maximum atomic E-state index is 11.9. The number of rotatable bonds is 2. The summed E-state index contributed by atoms with van der Waals surface area (Å²) in [5.74, 6) is 0.0329. The molecule has 1 aliphatic rings. The molecule has 0 spiro atoms. The van der Waals surface area contributed by atoms with Crippen LogP contribution < -0.4 is 10.6 Å². The molecule has 0 unspecified atom stereocenters. The van der Waals surface area contributed by atoms with Crippen LogP contribution >= 0.6 is 0 Å². The third-order valence-electron chi connectivity index (χ3n) is 2.53. The fourth-order valence-corrected chi connectivity index (χ4v) is 1.90. The first-order valence-electron chi connectivity index (χ1n) is 5.35. The van der Waals surface area contributed by atoms with Gasteiger partial charge in [-0.05, 0) is 38.0 Å². The molecule has 1 aliphatic heterocycles. The van der Waals surface area contributed by atoms with Gasteiger partial charge in [0.1, 0.15) is 0 Å². The zero-order valence-corrected chi connectivity index (χ0v) is 9.13. The highest BCUT2D eigenvalue weighted by molar-refractivity contribution is 5.97. The molecule has 0 radical (unpaired) electrons. The normalized spacial score (nSPS) is 13.5. The Hall–Kier alpha value is -1.51. The van der Waals surface area contributed by atoms with E-state index in [4.69, 9.17) is 0 Å². The number of carbonyl (C=O) groups is 1. The van der Waals surface area contributed by atoms with Crippen LogP contribution in [0, 0.1) is 0 Å². The van der Waals surface area contributed by atoms with E-state index in [1.807, 2.05) is 32.0 Å². The van der Waals surface area contributed by atoms with Crippen LogP contribution in [0.15, 0.2) is 18.2 Å². The Labute approximate surface area is 89.9 Å². The highest BCUT2D eigenvalue weighted by atomic mass is 16.1. The second-order valence-corrected chi connectivity index (χ2v) is 4.14. The smallest absolute Gasteiger partial charge is 0.251 e. The summed E-state index contributed by atoms with van der Waals surface area (Å²) in [7, 11) is 0. The minimum absolute atomic E-state index is 0.0329. The van der Waals surface area contributed by atoms with E-state index in [1.54, 1.807) is 0 Å². The van der Waals surface area contributed by atoms with E-state index in [0.717, 1.165) is 29.8 Å². The number of carbonyl (C=O) groups excluding carboxylic acids is 1. The molecule has 1 aromatic carbocycles. The zero-order valence-electron chi connectivity index (χ0n) is 9.13. The number of anilines is 1. The average Bonchev–Trinajstić information content (AvgIpc) is 2.63. The van der Waals surface area contributed by atoms with Crippen LogP contribution in [0.1, 0.15) is 29.8 Å². The molecule has 0 aliphatic carbocycles. The second-order valence-electron chi connectivity index (χ2n) is 4.14. The molecule has 1 heterocycles. The lowest BCUT2D eigenvalue weighted by molar-refractivity contribution is 0.0942. The minimum Gasteiger partial charge on any atom is -0.384 e. The number of nitrogens with one attached hydrogen (secondary N) is 2. The summed E-state index contributed by atoms with van der Waals surface area (Å²) in [6.45, 7) is 4.87. The van der Waals surface area contributed by atoms with Gasteiger partial charge in [-0.3, -0.25) is 4.79 Å². The van der Waals surface area contributed by atoms with Gasteiger partial charge in [-0.2, -0.15) is 0 Å². The Bertz CT molecular complexity index is 385. The summed E-state index contributed by atoms with van der Waals surface area (Å²) in [5.41, 5.74) is 3.06. The van der Waals surface area contributed by atoms with Crippen molar-refractivity contribution in [3.05, 3.63) is 29.3 Å². The SMILES string of the molecule is CC(C)NC(=O)c1cccc2c1CCN2. The number of fused-ring (bicyclic) bond motifs is 1. The first kappa shape index (κ1) is 10.0. The van der Waals surface area contributed by atoms with Crippen molar-refractivity contribution in [1.29, 1.82) is 0 Å². The van der Waals surface area contributed by atoms with Crippen molar-refractivity contribution in [1.82, 2.24) is 5.32 Å². The van der Waals surface area contributed by atoms with E-state index in [-0.39, 0.29) is 11.9 Å². The van der Waals surface area contributed by atoms with E-state index < -0.39 is 0 Å². The fourth-order valence-electron chi connectivity index (χ4n) is 1.90. The third kappa shape index (κ3) is 1.96. The van der Waals surface area contributed by atoms with Gasteiger partial charge in [-0.15, -0.1) is 0 Å². The monoisotopic (exact) mass is 204 g/mol. The standard InChI is InChI=1S/C12H16N2O/c1-8(2)14-12(15)10-4-3-5-11-9(10)6-7-13-11/h3-5,8,13H,6-7H2,1-2H3,(H,14,15). The van der Waals surface area contributed by atoms with Crippen molar-refractivity contribution in [2.75, 3.05) is 11.9 Å². The second kappa shape index (κ2) is 3.93. The molecule has 3 nitrogen and oxygen atoms in total. The van der Waals surface area contributed by atoms with Gasteiger partial charge >= 0.3 is 0 Å². The van der Waals surface area contributed by atoms with Gasteiger partial charge in [0.05, 0.1) is 0 Å². The molecule has 2 N–H and O–H groups in total. The molecule has 80 valence electrons. The van der Waals surface area contributed by atoms with Crippen LogP contribution in [-0.4, -0.2) is 18.5 Å². The molecule has 15 heavy (non-hydrogen) atoms. The largest absolute Gasteiger partial charge is 0.384 e. The highest BCUT2D eigenvalue weighted by Gasteiger charge is 2.18. The maximum Gasteiger partial charge on any atom is 0.251 e. The molecule has 3 heteroatoms. The predicted molar refractivity (Wildman–Crippen MR) is 61.2 cm³/mol. The molecule has 0 saturated heterocycles. The van der Waals surface area contributed by atoms with Crippen LogP contribution in [-0.2, 0) is 6.42 Å². The summed E-state index contributed by atoms with van der Waals surface area (Å²) >= 11 is 0. The van der Waals surface area contributed by atoms with Gasteiger partial charge in [0.15, 0.2) is 0 Å². The zero-order chi connectivity index (χ0) is 10.8. The van der Waals surface area contributed by atoms with Crippen LogP contribution in [0.3, 0.4) is 0 Å². The molecular formula is C12H16N2O. The summed E-state index contributed by atoms with van der Waals surface area (Å²) in [5, 5.41) is 6.19. The van der Waals surface area contributed by atoms with Gasteiger partial charge in [-0.25, -0.2) is 0 Å². The van der Waals surface area contributed by atoms with Gasteiger partial charge in [0.2, 0.25) is 0 Å². The Balaban J connectivity index is 2.29. The predicted octanol–water partition coefficient (Wildman–Crippen LogP) is 1.79. The van der Waals surface area contributed by atoms with Crippen molar-refractivity contribution in [3.8, 4) is 0 Å². The number of benzene rings is 1. The summed E-state index contributed by atoms with van der Waals surface area (Å²) in [6, 6.07) is 6.02. The summed E-state index contributed by atoms with van der Waals surface area (Å²) in [6.07, 6.45) is 0.941. The van der Waals surface area contributed by atoms with Crippen LogP contribution in [0.5, 0.6) is 0 Å². The van der Waals surface area contributed by atoms with Crippen molar-refractivity contribution in [2.45, 2.75) is 26.3 Å². The number of amides is 1. The van der Waals surface area contributed by atoms with E-state index in [2.05, 4.69) is 10.6 Å². The van der Waals surface area contributed by atoms with Crippen molar-refractivity contribution < 1.29 is 4.79 Å². The van der Waals surface area contributed by atoms with Gasteiger partial charge < -0.3 is 10.6 Å². The van der Waals surface area contributed by atoms with Crippen LogP contribution in [0.4, 0.5) is 5.69 Å². The minimum atomic E-state index is 0.0329. The van der Waals surface area contributed by atoms with Crippen molar-refractivity contribution >= 4 is 11.6 Å². The first-order valence-corrected chi connectivity index (χ1v) is 5.35. The number of hydrogen-bond donors (Lipinski definition) is 2. The molecule has 1 aromatic rings. The van der Waals surface area contributed by atoms with E-state index >= 15 is 0 Å². The molecule has 1 amide bonds.